The van der Waals surface area contributed by atoms with Crippen molar-refractivity contribution in [1.29, 1.82) is 0 Å². The lowest BCUT2D eigenvalue weighted by molar-refractivity contribution is 0.0790. The molecule has 122 valence electrons. The molecule has 0 aliphatic carbocycles. The number of aryl methyl sites for hydroxylation is 3. The van der Waals surface area contributed by atoms with Crippen LogP contribution < -0.4 is 0 Å². The summed E-state index contributed by atoms with van der Waals surface area (Å²) in [5.41, 5.74) is 4.45. The first-order valence-corrected chi connectivity index (χ1v) is 9.15. The van der Waals surface area contributed by atoms with Gasteiger partial charge in [-0.2, -0.15) is 0 Å². The second-order valence-corrected chi connectivity index (χ2v) is 7.57. The van der Waals surface area contributed by atoms with Gasteiger partial charge >= 0.3 is 0 Å². The van der Waals surface area contributed by atoms with Crippen molar-refractivity contribution in [3.8, 4) is 10.6 Å². The van der Waals surface area contributed by atoms with Crippen molar-refractivity contribution in [3.05, 3.63) is 39.9 Å². The summed E-state index contributed by atoms with van der Waals surface area (Å²) in [5, 5.41) is 0.953. The van der Waals surface area contributed by atoms with E-state index in [9.17, 15) is 4.79 Å². The van der Waals surface area contributed by atoms with E-state index in [-0.39, 0.29) is 5.91 Å². The van der Waals surface area contributed by atoms with Crippen LogP contribution in [0.5, 0.6) is 0 Å². The highest BCUT2D eigenvalue weighted by Crippen LogP contribution is 2.32. The summed E-state index contributed by atoms with van der Waals surface area (Å²) in [6, 6.07) is 6.38. The van der Waals surface area contributed by atoms with Gasteiger partial charge in [0.25, 0.3) is 5.91 Å². The van der Waals surface area contributed by atoms with Crippen molar-refractivity contribution in [1.82, 2.24) is 9.88 Å². The number of benzene rings is 1. The Morgan fingerprint density at radius 1 is 1.35 bits per heavy atom. The van der Waals surface area contributed by atoms with Crippen LogP contribution in [0, 0.1) is 26.7 Å². The molecule has 1 amide bonds. The molecule has 1 aromatic heterocycles. The molecule has 1 atom stereocenters. The Morgan fingerprint density at radius 3 is 2.78 bits per heavy atom. The summed E-state index contributed by atoms with van der Waals surface area (Å²) < 4.78 is 0. The first-order valence-electron chi connectivity index (χ1n) is 8.34. The maximum atomic E-state index is 12.8. The lowest BCUT2D eigenvalue weighted by Gasteiger charge is -2.15. The van der Waals surface area contributed by atoms with E-state index in [0.717, 1.165) is 47.1 Å². The van der Waals surface area contributed by atoms with Crippen LogP contribution in [0.2, 0.25) is 0 Å². The standard InChI is InChI=1S/C19H24N2OS/c1-5-15-8-9-21(11-15)19(22)17-14(4)20-18(23-17)16-7-6-12(2)10-13(16)3/h6-7,10,15H,5,8-9,11H2,1-4H3. The van der Waals surface area contributed by atoms with Crippen LogP contribution in [-0.2, 0) is 0 Å². The third-order valence-corrected chi connectivity index (χ3v) is 5.93. The van der Waals surface area contributed by atoms with Gasteiger partial charge in [-0.25, -0.2) is 4.98 Å². The van der Waals surface area contributed by atoms with Crippen molar-refractivity contribution in [2.75, 3.05) is 13.1 Å². The number of thiazole rings is 1. The van der Waals surface area contributed by atoms with Gasteiger partial charge in [0.2, 0.25) is 0 Å². The third kappa shape index (κ3) is 3.18. The van der Waals surface area contributed by atoms with Crippen LogP contribution in [0.3, 0.4) is 0 Å². The molecule has 0 N–H and O–H groups in total. The fourth-order valence-electron chi connectivity index (χ4n) is 3.26. The van der Waals surface area contributed by atoms with E-state index in [1.165, 1.54) is 22.5 Å². The van der Waals surface area contributed by atoms with E-state index in [2.05, 4.69) is 44.0 Å². The van der Waals surface area contributed by atoms with E-state index >= 15 is 0 Å². The Morgan fingerprint density at radius 2 is 2.13 bits per heavy atom. The molecule has 1 aliphatic heterocycles. The van der Waals surface area contributed by atoms with Crippen LogP contribution >= 0.6 is 11.3 Å². The van der Waals surface area contributed by atoms with E-state index in [0.29, 0.717) is 5.92 Å². The minimum atomic E-state index is 0.159. The van der Waals surface area contributed by atoms with Crippen molar-refractivity contribution < 1.29 is 4.79 Å². The molecule has 0 spiro atoms. The average molecular weight is 328 g/mol. The van der Waals surface area contributed by atoms with Crippen LogP contribution in [-0.4, -0.2) is 28.9 Å². The van der Waals surface area contributed by atoms with E-state index < -0.39 is 0 Å². The molecule has 1 aromatic carbocycles. The second kappa shape index (κ2) is 6.44. The molecule has 2 heterocycles. The van der Waals surface area contributed by atoms with Crippen LogP contribution in [0.15, 0.2) is 18.2 Å². The van der Waals surface area contributed by atoms with E-state index in [4.69, 9.17) is 0 Å². The molecule has 1 fully saturated rings. The lowest BCUT2D eigenvalue weighted by atomic mass is 10.1. The molecular weight excluding hydrogens is 304 g/mol. The molecule has 23 heavy (non-hydrogen) atoms. The van der Waals surface area contributed by atoms with Gasteiger partial charge in [0, 0.05) is 18.7 Å². The van der Waals surface area contributed by atoms with Gasteiger partial charge in [-0.1, -0.05) is 37.1 Å². The number of rotatable bonds is 3. The monoisotopic (exact) mass is 328 g/mol. The molecule has 4 heteroatoms. The highest BCUT2D eigenvalue weighted by Gasteiger charge is 2.28. The fourth-order valence-corrected chi connectivity index (χ4v) is 4.38. The van der Waals surface area contributed by atoms with Crippen LogP contribution in [0.25, 0.3) is 10.6 Å². The van der Waals surface area contributed by atoms with Gasteiger partial charge in [-0.05, 0) is 38.7 Å². The number of hydrogen-bond donors (Lipinski definition) is 0. The number of carbonyl (C=O) groups excluding carboxylic acids is 1. The number of carbonyl (C=O) groups is 1. The number of nitrogens with zero attached hydrogens (tertiary/aromatic N) is 2. The first kappa shape index (κ1) is 16.2. The van der Waals surface area contributed by atoms with Gasteiger partial charge in [-0.15, -0.1) is 11.3 Å². The number of likely N-dealkylation sites (tertiary alicyclic amines) is 1. The number of hydrogen-bond acceptors (Lipinski definition) is 3. The largest absolute Gasteiger partial charge is 0.338 e. The Hall–Kier alpha value is -1.68. The highest BCUT2D eigenvalue weighted by molar-refractivity contribution is 7.17. The molecule has 3 nitrogen and oxygen atoms in total. The maximum Gasteiger partial charge on any atom is 0.265 e. The third-order valence-electron chi connectivity index (χ3n) is 4.75. The molecule has 1 aliphatic rings. The van der Waals surface area contributed by atoms with Crippen molar-refractivity contribution in [2.24, 2.45) is 5.92 Å². The predicted octanol–water partition coefficient (Wildman–Crippen LogP) is 4.61. The van der Waals surface area contributed by atoms with E-state index in [1.807, 2.05) is 11.8 Å². The molecule has 1 unspecified atom stereocenters. The Balaban J connectivity index is 1.88. The highest BCUT2D eigenvalue weighted by atomic mass is 32.1. The molecule has 2 aromatic rings. The average Bonchev–Trinajstić information content (AvgIpc) is 3.13. The molecular formula is C19H24N2OS. The zero-order chi connectivity index (χ0) is 16.6. The topological polar surface area (TPSA) is 33.2 Å². The second-order valence-electron chi connectivity index (χ2n) is 6.57. The van der Waals surface area contributed by atoms with Gasteiger partial charge in [0.15, 0.2) is 0 Å². The van der Waals surface area contributed by atoms with Crippen molar-refractivity contribution >= 4 is 17.2 Å². The summed E-state index contributed by atoms with van der Waals surface area (Å²) in [6.07, 6.45) is 2.28. The summed E-state index contributed by atoms with van der Waals surface area (Å²) in [5.74, 6) is 0.818. The Kier molecular flexibility index (Phi) is 4.53. The summed E-state index contributed by atoms with van der Waals surface area (Å²) >= 11 is 1.53. The molecule has 0 saturated carbocycles. The molecule has 0 radical (unpaired) electrons. The van der Waals surface area contributed by atoms with Gasteiger partial charge in [-0.3, -0.25) is 4.79 Å². The molecule has 0 bridgehead atoms. The predicted molar refractivity (Wildman–Crippen MR) is 96.1 cm³/mol. The van der Waals surface area contributed by atoms with Crippen molar-refractivity contribution in [3.63, 3.8) is 0 Å². The van der Waals surface area contributed by atoms with Crippen molar-refractivity contribution in [2.45, 2.75) is 40.5 Å². The summed E-state index contributed by atoms with van der Waals surface area (Å²) in [7, 11) is 0. The smallest absolute Gasteiger partial charge is 0.265 e. The summed E-state index contributed by atoms with van der Waals surface area (Å²) in [4.78, 5) is 20.3. The molecule has 3 rings (SSSR count). The lowest BCUT2D eigenvalue weighted by Crippen LogP contribution is -2.28. The zero-order valence-corrected chi connectivity index (χ0v) is 15.2. The number of aromatic nitrogens is 1. The van der Waals surface area contributed by atoms with Gasteiger partial charge in [0.1, 0.15) is 9.88 Å². The van der Waals surface area contributed by atoms with E-state index in [1.54, 1.807) is 0 Å². The number of amides is 1. The first-order chi connectivity index (χ1) is 11.0. The minimum absolute atomic E-state index is 0.159. The van der Waals surface area contributed by atoms with Gasteiger partial charge < -0.3 is 4.90 Å². The SMILES string of the molecule is CCC1CCN(C(=O)c2sc(-c3ccc(C)cc3C)nc2C)C1. The fraction of sp³-hybridized carbons (Fsp3) is 0.474. The van der Waals surface area contributed by atoms with Crippen LogP contribution in [0.4, 0.5) is 0 Å². The zero-order valence-electron chi connectivity index (χ0n) is 14.3. The summed E-state index contributed by atoms with van der Waals surface area (Å²) in [6.45, 7) is 10.1. The van der Waals surface area contributed by atoms with Gasteiger partial charge in [0.05, 0.1) is 5.69 Å². The maximum absolute atomic E-state index is 12.8. The normalized spacial score (nSPS) is 17.7. The minimum Gasteiger partial charge on any atom is -0.338 e. The molecule has 1 saturated heterocycles. The Labute approximate surface area is 142 Å². The Bertz CT molecular complexity index is 735. The van der Waals surface area contributed by atoms with Crippen LogP contribution in [0.1, 0.15) is 46.3 Å². The quantitative estimate of drug-likeness (QED) is 0.824.